The average molecular weight is 258 g/mol. The molecule has 0 bridgehead atoms. The highest BCUT2D eigenvalue weighted by Gasteiger charge is 2.24. The quantitative estimate of drug-likeness (QED) is 0.726. The zero-order valence-electron chi connectivity index (χ0n) is 9.19. The van der Waals surface area contributed by atoms with Crippen molar-refractivity contribution in [1.29, 1.82) is 0 Å². The Morgan fingerprint density at radius 3 is 2.33 bits per heavy atom. The Morgan fingerprint density at radius 2 is 1.87 bits per heavy atom. The zero-order chi connectivity index (χ0) is 10.6. The van der Waals surface area contributed by atoms with E-state index in [1.54, 1.807) is 0 Å². The van der Waals surface area contributed by atoms with Gasteiger partial charge in [0.25, 0.3) is 10.2 Å². The van der Waals surface area contributed by atoms with Crippen LogP contribution in [0.1, 0.15) is 19.8 Å². The highest BCUT2D eigenvalue weighted by atomic mass is 35.5. The molecule has 0 radical (unpaired) electrons. The van der Waals surface area contributed by atoms with Crippen molar-refractivity contribution in [1.82, 2.24) is 14.3 Å². The smallest absolute Gasteiger partial charge is 0.279 e. The Hall–Kier alpha value is 0.120. The molecular formula is C8H20ClN3O2S. The maximum absolute atomic E-state index is 11.6. The Bertz CT molecular complexity index is 265. The molecule has 1 fully saturated rings. The first-order chi connectivity index (χ1) is 6.56. The van der Waals surface area contributed by atoms with Gasteiger partial charge in [-0.15, -0.1) is 12.4 Å². The molecule has 1 aliphatic heterocycles. The second-order valence-corrected chi connectivity index (χ2v) is 5.40. The van der Waals surface area contributed by atoms with Gasteiger partial charge in [-0.2, -0.15) is 12.7 Å². The van der Waals surface area contributed by atoms with Crippen LogP contribution in [-0.4, -0.2) is 45.4 Å². The van der Waals surface area contributed by atoms with Crippen LogP contribution in [0.15, 0.2) is 0 Å². The van der Waals surface area contributed by atoms with Crippen LogP contribution in [0.3, 0.4) is 0 Å². The van der Waals surface area contributed by atoms with E-state index in [1.807, 2.05) is 14.0 Å². The molecular weight excluding hydrogens is 238 g/mol. The number of hydrogen-bond donors (Lipinski definition) is 2. The minimum atomic E-state index is -3.22. The molecule has 7 heteroatoms. The molecule has 0 aliphatic carbocycles. The van der Waals surface area contributed by atoms with Crippen LogP contribution in [0.25, 0.3) is 0 Å². The molecule has 1 heterocycles. The summed E-state index contributed by atoms with van der Waals surface area (Å²) in [5.41, 5.74) is 0. The Morgan fingerprint density at radius 1 is 1.33 bits per heavy atom. The zero-order valence-corrected chi connectivity index (χ0v) is 10.8. The summed E-state index contributed by atoms with van der Waals surface area (Å²) in [5, 5.41) is 2.98. The molecule has 0 aromatic rings. The Kier molecular flexibility index (Phi) is 6.70. The van der Waals surface area contributed by atoms with Crippen molar-refractivity contribution in [2.75, 3.05) is 26.7 Å². The van der Waals surface area contributed by atoms with Crippen molar-refractivity contribution in [3.63, 3.8) is 0 Å². The molecule has 0 amide bonds. The van der Waals surface area contributed by atoms with Gasteiger partial charge < -0.3 is 5.32 Å². The summed E-state index contributed by atoms with van der Waals surface area (Å²) in [6.45, 7) is 3.69. The van der Waals surface area contributed by atoms with Crippen LogP contribution in [0.4, 0.5) is 0 Å². The van der Waals surface area contributed by atoms with Gasteiger partial charge in [-0.1, -0.05) is 0 Å². The van der Waals surface area contributed by atoms with E-state index in [0.717, 1.165) is 12.8 Å². The van der Waals surface area contributed by atoms with Gasteiger partial charge in [0.2, 0.25) is 0 Å². The fraction of sp³-hybridized carbons (Fsp3) is 1.00. The molecule has 1 aliphatic rings. The minimum Gasteiger partial charge on any atom is -0.316 e. The van der Waals surface area contributed by atoms with E-state index >= 15 is 0 Å². The fourth-order valence-corrected chi connectivity index (χ4v) is 2.73. The average Bonchev–Trinajstić information content (AvgIpc) is 2.67. The molecule has 1 saturated heterocycles. The summed E-state index contributed by atoms with van der Waals surface area (Å²) in [4.78, 5) is 0. The first-order valence-electron chi connectivity index (χ1n) is 4.98. The lowest BCUT2D eigenvalue weighted by Crippen LogP contribution is -2.44. The molecule has 0 aromatic carbocycles. The Balaban J connectivity index is 0.00000196. The van der Waals surface area contributed by atoms with Crippen molar-refractivity contribution in [2.45, 2.75) is 25.8 Å². The third kappa shape index (κ3) is 4.65. The number of rotatable bonds is 5. The number of nitrogens with zero attached hydrogens (tertiary/aromatic N) is 1. The lowest BCUT2D eigenvalue weighted by molar-refractivity contribution is 0.458. The van der Waals surface area contributed by atoms with Crippen molar-refractivity contribution in [2.24, 2.45) is 0 Å². The van der Waals surface area contributed by atoms with E-state index in [4.69, 9.17) is 0 Å². The van der Waals surface area contributed by atoms with Crippen molar-refractivity contribution in [3.8, 4) is 0 Å². The number of likely N-dealkylation sites (N-methyl/N-ethyl adjacent to an activating group) is 1. The summed E-state index contributed by atoms with van der Waals surface area (Å²) in [6.07, 6.45) is 1.95. The molecule has 2 N–H and O–H groups in total. The van der Waals surface area contributed by atoms with Gasteiger partial charge in [-0.05, 0) is 26.8 Å². The topological polar surface area (TPSA) is 61.4 Å². The number of hydrogen-bond acceptors (Lipinski definition) is 3. The second kappa shape index (κ2) is 6.65. The molecule has 1 unspecified atom stereocenters. The number of halogens is 1. The van der Waals surface area contributed by atoms with Crippen LogP contribution >= 0.6 is 12.4 Å². The third-order valence-corrected chi connectivity index (χ3v) is 4.05. The van der Waals surface area contributed by atoms with E-state index in [9.17, 15) is 8.42 Å². The largest absolute Gasteiger partial charge is 0.316 e. The predicted octanol–water partition coefficient (Wildman–Crippen LogP) is -0.0537. The standard InChI is InChI=1S/C8H19N3O2S.ClH/c1-8(9-2)7-10-14(12,13)11-5-3-4-6-11;/h8-10H,3-7H2,1-2H3;1H. The molecule has 5 nitrogen and oxygen atoms in total. The van der Waals surface area contributed by atoms with E-state index in [2.05, 4.69) is 10.0 Å². The van der Waals surface area contributed by atoms with Gasteiger partial charge >= 0.3 is 0 Å². The van der Waals surface area contributed by atoms with Gasteiger partial charge in [-0.3, -0.25) is 0 Å². The summed E-state index contributed by atoms with van der Waals surface area (Å²) in [6, 6.07) is 0.160. The van der Waals surface area contributed by atoms with Crippen LogP contribution in [0, 0.1) is 0 Å². The van der Waals surface area contributed by atoms with Gasteiger partial charge in [0.05, 0.1) is 0 Å². The summed E-state index contributed by atoms with van der Waals surface area (Å²) < 4.78 is 27.4. The first kappa shape index (κ1) is 15.1. The van der Waals surface area contributed by atoms with Crippen LogP contribution in [0.5, 0.6) is 0 Å². The van der Waals surface area contributed by atoms with Gasteiger partial charge in [-0.25, -0.2) is 4.72 Å². The second-order valence-electron chi connectivity index (χ2n) is 3.65. The first-order valence-corrected chi connectivity index (χ1v) is 6.42. The molecule has 1 atom stereocenters. The minimum absolute atomic E-state index is 0. The lowest BCUT2D eigenvalue weighted by atomic mass is 10.4. The molecule has 92 valence electrons. The highest BCUT2D eigenvalue weighted by Crippen LogP contribution is 2.10. The highest BCUT2D eigenvalue weighted by molar-refractivity contribution is 7.87. The van der Waals surface area contributed by atoms with Crippen molar-refractivity contribution >= 4 is 22.6 Å². The molecule has 1 rings (SSSR count). The maximum atomic E-state index is 11.6. The predicted molar refractivity (Wildman–Crippen MR) is 63.5 cm³/mol. The fourth-order valence-electron chi connectivity index (χ4n) is 1.35. The number of nitrogens with one attached hydrogen (secondary N) is 2. The monoisotopic (exact) mass is 257 g/mol. The van der Waals surface area contributed by atoms with Crippen molar-refractivity contribution < 1.29 is 8.42 Å². The normalized spacial score (nSPS) is 19.9. The molecule has 0 aromatic heterocycles. The summed E-state index contributed by atoms with van der Waals surface area (Å²) >= 11 is 0. The van der Waals surface area contributed by atoms with E-state index < -0.39 is 10.2 Å². The molecule has 15 heavy (non-hydrogen) atoms. The molecule has 0 spiro atoms. The SMILES string of the molecule is CNC(C)CNS(=O)(=O)N1CCCC1.Cl. The maximum Gasteiger partial charge on any atom is 0.279 e. The van der Waals surface area contributed by atoms with Gasteiger partial charge in [0, 0.05) is 25.7 Å². The van der Waals surface area contributed by atoms with E-state index in [1.165, 1.54) is 4.31 Å². The third-order valence-electron chi connectivity index (χ3n) is 2.47. The van der Waals surface area contributed by atoms with Crippen molar-refractivity contribution in [3.05, 3.63) is 0 Å². The Labute approximate surface area is 98.2 Å². The van der Waals surface area contributed by atoms with Crippen LogP contribution < -0.4 is 10.0 Å². The van der Waals surface area contributed by atoms with Gasteiger partial charge in [0.15, 0.2) is 0 Å². The van der Waals surface area contributed by atoms with E-state index in [0.29, 0.717) is 19.6 Å². The molecule has 0 saturated carbocycles. The summed E-state index contributed by atoms with van der Waals surface area (Å²) in [7, 11) is -1.41. The van der Waals surface area contributed by atoms with Crippen LogP contribution in [0.2, 0.25) is 0 Å². The van der Waals surface area contributed by atoms with E-state index in [-0.39, 0.29) is 18.4 Å². The van der Waals surface area contributed by atoms with Crippen LogP contribution in [-0.2, 0) is 10.2 Å². The summed E-state index contributed by atoms with van der Waals surface area (Å²) in [5.74, 6) is 0. The lowest BCUT2D eigenvalue weighted by Gasteiger charge is -2.18. The van der Waals surface area contributed by atoms with Gasteiger partial charge in [0.1, 0.15) is 0 Å².